The molecular formula is C24H30N6O2. The summed E-state index contributed by atoms with van der Waals surface area (Å²) in [5, 5.41) is 2.60. The first-order valence-corrected chi connectivity index (χ1v) is 11.0. The molecule has 0 atom stereocenters. The number of hydrogen-bond acceptors (Lipinski definition) is 6. The summed E-state index contributed by atoms with van der Waals surface area (Å²) in [6.07, 6.45) is 4.37. The number of nitrogens with zero attached hydrogens (tertiary/aromatic N) is 4. The van der Waals surface area contributed by atoms with Gasteiger partial charge in [0.2, 0.25) is 0 Å². The second-order valence-corrected chi connectivity index (χ2v) is 8.91. The lowest BCUT2D eigenvalue weighted by molar-refractivity contribution is 0.0958. The fourth-order valence-corrected chi connectivity index (χ4v) is 4.45. The number of piperazine rings is 1. The average Bonchev–Trinajstić information content (AvgIpc) is 2.77. The van der Waals surface area contributed by atoms with Crippen LogP contribution in [0.25, 0.3) is 11.0 Å². The normalized spacial score (nSPS) is 16.3. The van der Waals surface area contributed by atoms with E-state index in [9.17, 15) is 9.59 Å². The zero-order chi connectivity index (χ0) is 22.9. The zero-order valence-corrected chi connectivity index (χ0v) is 19.1. The number of carbonyl (C=O) groups is 1. The van der Waals surface area contributed by atoms with Gasteiger partial charge in [0.05, 0.1) is 22.9 Å². The molecular weight excluding hydrogens is 404 g/mol. The van der Waals surface area contributed by atoms with Gasteiger partial charge in [0, 0.05) is 50.5 Å². The van der Waals surface area contributed by atoms with E-state index in [1.54, 1.807) is 19.3 Å². The molecule has 3 aromatic rings. The van der Waals surface area contributed by atoms with Crippen molar-refractivity contribution in [3.63, 3.8) is 0 Å². The summed E-state index contributed by atoms with van der Waals surface area (Å²) in [5.41, 5.74) is 4.73. The minimum absolute atomic E-state index is 0.0373. The molecule has 1 fully saturated rings. The Labute approximate surface area is 187 Å². The van der Waals surface area contributed by atoms with Crippen LogP contribution in [0.3, 0.4) is 0 Å². The zero-order valence-electron chi connectivity index (χ0n) is 19.1. The number of aryl methyl sites for hydroxylation is 1. The number of carbonyl (C=O) groups excluding carboxylic acids is 1. The third-order valence-corrected chi connectivity index (χ3v) is 6.11. The number of anilines is 1. The molecule has 3 aromatic heterocycles. The Morgan fingerprint density at radius 3 is 2.66 bits per heavy atom. The molecule has 0 saturated carbocycles. The van der Waals surface area contributed by atoms with Gasteiger partial charge in [0.1, 0.15) is 5.69 Å². The van der Waals surface area contributed by atoms with Crippen molar-refractivity contribution in [3.8, 4) is 0 Å². The fourth-order valence-electron chi connectivity index (χ4n) is 4.45. The molecule has 4 rings (SSSR count). The van der Waals surface area contributed by atoms with Crippen LogP contribution in [-0.4, -0.2) is 58.0 Å². The highest BCUT2D eigenvalue weighted by atomic mass is 16.1. The van der Waals surface area contributed by atoms with Crippen LogP contribution in [0.15, 0.2) is 41.5 Å². The third-order valence-electron chi connectivity index (χ3n) is 6.11. The molecule has 0 radical (unpaired) electrons. The predicted octanol–water partition coefficient (Wildman–Crippen LogP) is 2.34. The Bertz CT molecular complexity index is 1190. The highest BCUT2D eigenvalue weighted by Crippen LogP contribution is 2.28. The minimum Gasteiger partial charge on any atom is -0.363 e. The van der Waals surface area contributed by atoms with Gasteiger partial charge in [-0.25, -0.2) is 4.98 Å². The lowest BCUT2D eigenvalue weighted by Crippen LogP contribution is -2.59. The summed E-state index contributed by atoms with van der Waals surface area (Å²) in [4.78, 5) is 40.5. The van der Waals surface area contributed by atoms with Crippen LogP contribution in [0.2, 0.25) is 0 Å². The van der Waals surface area contributed by atoms with E-state index in [1.807, 2.05) is 31.3 Å². The van der Waals surface area contributed by atoms with Crippen molar-refractivity contribution in [3.05, 3.63) is 63.8 Å². The number of amides is 1. The molecule has 4 heterocycles. The number of hydrogen-bond donors (Lipinski definition) is 2. The molecule has 0 spiro atoms. The largest absolute Gasteiger partial charge is 0.363 e. The van der Waals surface area contributed by atoms with E-state index in [2.05, 4.69) is 43.9 Å². The van der Waals surface area contributed by atoms with Crippen LogP contribution in [0.4, 0.5) is 5.69 Å². The van der Waals surface area contributed by atoms with E-state index in [1.165, 1.54) is 0 Å². The van der Waals surface area contributed by atoms with Gasteiger partial charge in [-0.05, 0) is 50.1 Å². The molecule has 1 aliphatic heterocycles. The van der Waals surface area contributed by atoms with Gasteiger partial charge in [0.25, 0.3) is 11.5 Å². The Kier molecular flexibility index (Phi) is 5.97. The number of rotatable bonds is 5. The van der Waals surface area contributed by atoms with Gasteiger partial charge in [-0.1, -0.05) is 6.92 Å². The quantitative estimate of drug-likeness (QED) is 0.640. The second kappa shape index (κ2) is 8.70. The summed E-state index contributed by atoms with van der Waals surface area (Å²) in [7, 11) is 1.60. The van der Waals surface area contributed by atoms with E-state index in [-0.39, 0.29) is 17.0 Å². The van der Waals surface area contributed by atoms with Crippen molar-refractivity contribution in [1.29, 1.82) is 0 Å². The van der Waals surface area contributed by atoms with Crippen LogP contribution in [0, 0.1) is 0 Å². The van der Waals surface area contributed by atoms with Crippen LogP contribution in [-0.2, 0) is 13.0 Å². The van der Waals surface area contributed by atoms with Crippen molar-refractivity contribution < 1.29 is 4.79 Å². The fraction of sp³-hybridized carbons (Fsp3) is 0.417. The monoisotopic (exact) mass is 434 g/mol. The van der Waals surface area contributed by atoms with Gasteiger partial charge in [-0.3, -0.25) is 19.5 Å². The maximum absolute atomic E-state index is 12.2. The summed E-state index contributed by atoms with van der Waals surface area (Å²) >= 11 is 0. The summed E-state index contributed by atoms with van der Waals surface area (Å²) in [6, 6.07) is 7.64. The van der Waals surface area contributed by atoms with Crippen LogP contribution in [0.1, 0.15) is 42.4 Å². The topological polar surface area (TPSA) is 94.2 Å². The SMILES string of the molecule is CCc1cc2ncc(CN3CCN(c4ccc(C(=O)NC)nc4)C(C)(C)C3)cc2[nH]c1=O. The van der Waals surface area contributed by atoms with Gasteiger partial charge < -0.3 is 15.2 Å². The van der Waals surface area contributed by atoms with Gasteiger partial charge in [0.15, 0.2) is 0 Å². The number of nitrogens with one attached hydrogen (secondary N) is 2. The Hall–Kier alpha value is -3.26. The standard InChI is InChI=1S/C24H30N6O2/c1-5-17-11-20-21(28-22(17)31)10-16(12-26-20)14-29-8-9-30(24(2,3)15-29)18-6-7-19(27-13-18)23(32)25-4/h6-7,10-13H,5,8-9,14-15H2,1-4H3,(H,25,32)(H,28,31). The number of H-pyrrole nitrogens is 1. The summed E-state index contributed by atoms with van der Waals surface area (Å²) < 4.78 is 0. The molecule has 0 bridgehead atoms. The van der Waals surface area contributed by atoms with Crippen LogP contribution < -0.4 is 15.8 Å². The lowest BCUT2D eigenvalue weighted by Gasteiger charge is -2.48. The first kappa shape index (κ1) is 22.0. The first-order valence-electron chi connectivity index (χ1n) is 11.0. The number of aromatic nitrogens is 3. The van der Waals surface area contributed by atoms with Crippen molar-refractivity contribution in [2.24, 2.45) is 0 Å². The highest BCUT2D eigenvalue weighted by molar-refractivity contribution is 5.92. The molecule has 8 heteroatoms. The second-order valence-electron chi connectivity index (χ2n) is 8.91. The van der Waals surface area contributed by atoms with Crippen LogP contribution in [0.5, 0.6) is 0 Å². The molecule has 32 heavy (non-hydrogen) atoms. The molecule has 1 amide bonds. The highest BCUT2D eigenvalue weighted by Gasteiger charge is 2.34. The van der Waals surface area contributed by atoms with Crippen molar-refractivity contribution in [2.45, 2.75) is 39.3 Å². The molecule has 0 aliphatic carbocycles. The molecule has 0 unspecified atom stereocenters. The smallest absolute Gasteiger partial charge is 0.269 e. The maximum Gasteiger partial charge on any atom is 0.269 e. The minimum atomic E-state index is -0.183. The van der Waals surface area contributed by atoms with Crippen molar-refractivity contribution in [1.82, 2.24) is 25.2 Å². The average molecular weight is 435 g/mol. The molecule has 8 nitrogen and oxygen atoms in total. The maximum atomic E-state index is 12.2. The van der Waals surface area contributed by atoms with Gasteiger partial charge >= 0.3 is 0 Å². The lowest BCUT2D eigenvalue weighted by atomic mass is 9.97. The third kappa shape index (κ3) is 4.36. The number of fused-ring (bicyclic) bond motifs is 1. The molecule has 0 aromatic carbocycles. The Morgan fingerprint density at radius 1 is 1.19 bits per heavy atom. The van der Waals surface area contributed by atoms with E-state index in [4.69, 9.17) is 0 Å². The van der Waals surface area contributed by atoms with E-state index >= 15 is 0 Å². The van der Waals surface area contributed by atoms with Crippen LogP contribution >= 0.6 is 0 Å². The predicted molar refractivity (Wildman–Crippen MR) is 126 cm³/mol. The summed E-state index contributed by atoms with van der Waals surface area (Å²) in [5.74, 6) is -0.183. The molecule has 2 N–H and O–H groups in total. The van der Waals surface area contributed by atoms with E-state index in [0.29, 0.717) is 12.1 Å². The Morgan fingerprint density at radius 2 is 2.00 bits per heavy atom. The van der Waals surface area contributed by atoms with E-state index in [0.717, 1.165) is 54.0 Å². The molecule has 1 saturated heterocycles. The van der Waals surface area contributed by atoms with E-state index < -0.39 is 0 Å². The van der Waals surface area contributed by atoms with Crippen molar-refractivity contribution >= 4 is 22.6 Å². The van der Waals surface area contributed by atoms with Crippen molar-refractivity contribution in [2.75, 3.05) is 31.6 Å². The summed E-state index contributed by atoms with van der Waals surface area (Å²) in [6.45, 7) is 9.79. The number of aromatic amines is 1. The van der Waals surface area contributed by atoms with Gasteiger partial charge in [-0.2, -0.15) is 0 Å². The molecule has 168 valence electrons. The van der Waals surface area contributed by atoms with Gasteiger partial charge in [-0.15, -0.1) is 0 Å². The first-order chi connectivity index (χ1) is 15.3. The Balaban J connectivity index is 1.47. The molecule has 1 aliphatic rings. The number of pyridine rings is 3.